The molecule has 1 aliphatic rings. The van der Waals surface area contributed by atoms with Crippen LogP contribution in [-0.4, -0.2) is 37.8 Å². The largest absolute Gasteiger partial charge is 0.467 e. The summed E-state index contributed by atoms with van der Waals surface area (Å²) in [5.74, 6) is -1.88. The molecular weight excluding hydrogens is 683 g/mol. The smallest absolute Gasteiger partial charge is 0.328 e. The van der Waals surface area contributed by atoms with Crippen molar-refractivity contribution in [2.75, 3.05) is 7.11 Å². The highest BCUT2D eigenvalue weighted by molar-refractivity contribution is 9.10. The van der Waals surface area contributed by atoms with Crippen LogP contribution in [0.5, 0.6) is 0 Å². The maximum atomic E-state index is 14.5. The third-order valence-corrected chi connectivity index (χ3v) is 10.2. The molecule has 5 rings (SSSR count). The van der Waals surface area contributed by atoms with Gasteiger partial charge in [0.2, 0.25) is 15.9 Å². The van der Waals surface area contributed by atoms with Gasteiger partial charge in [0.25, 0.3) is 0 Å². The fraction of sp³-hybridized carbons (Fsp3) is 0.176. The van der Waals surface area contributed by atoms with Gasteiger partial charge >= 0.3 is 5.97 Å². The number of nitrogens with one attached hydrogen (secondary N) is 1. The lowest BCUT2D eigenvalue weighted by Crippen LogP contribution is -2.48. The topological polar surface area (TPSA) is 92.8 Å². The molecule has 1 amide bonds. The number of benzene rings is 4. The lowest BCUT2D eigenvalue weighted by atomic mass is 9.88. The molecule has 0 spiro atoms. The number of hydrogen-bond acceptors (Lipinski definition) is 5. The molecule has 0 aromatic heterocycles. The van der Waals surface area contributed by atoms with E-state index in [0.29, 0.717) is 16.1 Å². The number of halogens is 3. The quantitative estimate of drug-likeness (QED) is 0.190. The van der Waals surface area contributed by atoms with Crippen molar-refractivity contribution in [2.24, 2.45) is 0 Å². The van der Waals surface area contributed by atoms with Gasteiger partial charge in [-0.2, -0.15) is 4.31 Å². The van der Waals surface area contributed by atoms with Crippen molar-refractivity contribution in [1.29, 1.82) is 0 Å². The van der Waals surface area contributed by atoms with Crippen LogP contribution in [0.15, 0.2) is 124 Å². The van der Waals surface area contributed by atoms with Gasteiger partial charge in [0.05, 0.1) is 24.1 Å². The Hall–Kier alpha value is -3.83. The van der Waals surface area contributed by atoms with E-state index in [1.807, 2.05) is 48.5 Å². The van der Waals surface area contributed by atoms with E-state index in [4.69, 9.17) is 16.3 Å². The first-order valence-electron chi connectivity index (χ1n) is 14.0. The SMILES string of the molecule is COC(=O)[C@H](Cc1ccccc1)NC(=O)C1=CC[C@@H](c2cccc(Br)c2)N(S(=O)(=O)c2ccc(F)cc2)[C@H]1c1cccc(Cl)c1. The van der Waals surface area contributed by atoms with Crippen molar-refractivity contribution in [3.8, 4) is 0 Å². The van der Waals surface area contributed by atoms with Gasteiger partial charge in [0.15, 0.2) is 0 Å². The Bertz CT molecular complexity index is 1840. The van der Waals surface area contributed by atoms with Crippen molar-refractivity contribution < 1.29 is 27.1 Å². The number of carbonyl (C=O) groups is 2. The molecule has 0 fully saturated rings. The molecule has 3 atom stereocenters. The molecular formula is C34H29BrClFN2O5S. The van der Waals surface area contributed by atoms with Crippen LogP contribution in [0.2, 0.25) is 5.02 Å². The third kappa shape index (κ3) is 7.36. The number of hydrogen-bond donors (Lipinski definition) is 1. The molecule has 0 bridgehead atoms. The normalized spacial score (nSPS) is 17.6. The Morgan fingerprint density at radius 2 is 1.67 bits per heavy atom. The Kier molecular flexibility index (Phi) is 10.2. The van der Waals surface area contributed by atoms with Crippen LogP contribution in [0.4, 0.5) is 4.39 Å². The highest BCUT2D eigenvalue weighted by Crippen LogP contribution is 2.46. The summed E-state index contributed by atoms with van der Waals surface area (Å²) in [6.45, 7) is 0. The number of methoxy groups -OCH3 is 1. The van der Waals surface area contributed by atoms with Crippen molar-refractivity contribution in [2.45, 2.75) is 35.9 Å². The van der Waals surface area contributed by atoms with Gasteiger partial charge in [-0.1, -0.05) is 88.2 Å². The van der Waals surface area contributed by atoms with Gasteiger partial charge in [-0.15, -0.1) is 0 Å². The Morgan fingerprint density at radius 3 is 2.33 bits per heavy atom. The summed E-state index contributed by atoms with van der Waals surface area (Å²) in [5, 5.41) is 3.13. The summed E-state index contributed by atoms with van der Waals surface area (Å²) in [6, 6.07) is 24.6. The van der Waals surface area contributed by atoms with E-state index < -0.39 is 45.8 Å². The van der Waals surface area contributed by atoms with Gasteiger partial charge in [-0.05, 0) is 71.6 Å². The first-order valence-corrected chi connectivity index (χ1v) is 16.6. The maximum Gasteiger partial charge on any atom is 0.328 e. The lowest BCUT2D eigenvalue weighted by molar-refractivity contribution is -0.144. The zero-order valence-electron chi connectivity index (χ0n) is 24.1. The molecule has 7 nitrogen and oxygen atoms in total. The van der Waals surface area contributed by atoms with Crippen molar-refractivity contribution >= 4 is 49.4 Å². The number of rotatable bonds is 9. The number of amides is 1. The fourth-order valence-corrected chi connectivity index (χ4v) is 7.84. The fourth-order valence-electron chi connectivity index (χ4n) is 5.45. The van der Waals surface area contributed by atoms with Crippen LogP contribution in [0.25, 0.3) is 0 Å². The second-order valence-electron chi connectivity index (χ2n) is 10.5. The van der Waals surface area contributed by atoms with E-state index in [2.05, 4.69) is 21.2 Å². The van der Waals surface area contributed by atoms with E-state index in [-0.39, 0.29) is 23.3 Å². The summed E-state index contributed by atoms with van der Waals surface area (Å²) in [5.41, 5.74) is 2.02. The minimum Gasteiger partial charge on any atom is -0.467 e. The van der Waals surface area contributed by atoms with Gasteiger partial charge in [0.1, 0.15) is 11.9 Å². The zero-order valence-corrected chi connectivity index (χ0v) is 27.2. The summed E-state index contributed by atoms with van der Waals surface area (Å²) in [4.78, 5) is 26.8. The molecule has 11 heteroatoms. The summed E-state index contributed by atoms with van der Waals surface area (Å²) in [7, 11) is -3.13. The molecule has 0 saturated carbocycles. The highest BCUT2D eigenvalue weighted by atomic mass is 79.9. The molecule has 232 valence electrons. The first kappa shape index (κ1) is 32.6. The average Bonchev–Trinajstić information content (AvgIpc) is 3.04. The van der Waals surface area contributed by atoms with E-state index in [9.17, 15) is 22.4 Å². The number of ether oxygens (including phenoxy) is 1. The summed E-state index contributed by atoms with van der Waals surface area (Å²) >= 11 is 9.88. The van der Waals surface area contributed by atoms with Crippen LogP contribution in [0, 0.1) is 5.82 Å². The van der Waals surface area contributed by atoms with Crippen molar-refractivity contribution in [3.63, 3.8) is 0 Å². The Balaban J connectivity index is 1.65. The molecule has 0 saturated heterocycles. The van der Waals surface area contributed by atoms with E-state index in [0.717, 1.165) is 22.2 Å². The molecule has 0 unspecified atom stereocenters. The van der Waals surface area contributed by atoms with E-state index in [1.165, 1.54) is 23.5 Å². The minimum atomic E-state index is -4.37. The summed E-state index contributed by atoms with van der Waals surface area (Å²) < 4.78 is 50.0. The molecule has 1 aliphatic heterocycles. The summed E-state index contributed by atoms with van der Waals surface area (Å²) in [6.07, 6.45) is 1.99. The highest BCUT2D eigenvalue weighted by Gasteiger charge is 2.45. The molecule has 0 aliphatic carbocycles. The van der Waals surface area contributed by atoms with Crippen LogP contribution in [0.1, 0.15) is 35.2 Å². The molecule has 1 heterocycles. The predicted octanol–water partition coefficient (Wildman–Crippen LogP) is 6.95. The Morgan fingerprint density at radius 1 is 0.978 bits per heavy atom. The molecule has 0 radical (unpaired) electrons. The van der Waals surface area contributed by atoms with E-state index >= 15 is 0 Å². The van der Waals surface area contributed by atoms with Crippen LogP contribution in [-0.2, 0) is 30.8 Å². The van der Waals surface area contributed by atoms with Gasteiger partial charge in [-0.25, -0.2) is 17.6 Å². The standard InChI is InChI=1S/C34H29BrClFN2O5S/c1-44-34(41)30(19-22-7-3-2-4-8-22)38-33(40)29-17-18-31(23-9-5-11-25(35)20-23)39(32(29)24-10-6-12-26(36)21-24)45(42,43)28-15-13-27(37)14-16-28/h2-17,20-21,30-32H,18-19H2,1H3,(H,38,40)/t30-,31-,32-/m0/s1. The second-order valence-corrected chi connectivity index (χ2v) is 13.6. The van der Waals surface area contributed by atoms with E-state index in [1.54, 1.807) is 36.4 Å². The Labute approximate surface area is 274 Å². The van der Waals surface area contributed by atoms with Crippen LogP contribution < -0.4 is 5.32 Å². The van der Waals surface area contributed by atoms with Crippen molar-refractivity contribution in [3.05, 3.63) is 147 Å². The second kappa shape index (κ2) is 14.1. The average molecular weight is 712 g/mol. The molecule has 4 aromatic carbocycles. The number of esters is 1. The number of sulfonamides is 1. The maximum absolute atomic E-state index is 14.5. The van der Waals surface area contributed by atoms with Crippen LogP contribution >= 0.6 is 27.5 Å². The van der Waals surface area contributed by atoms with Gasteiger partial charge < -0.3 is 10.1 Å². The predicted molar refractivity (Wildman–Crippen MR) is 173 cm³/mol. The molecule has 4 aromatic rings. The van der Waals surface area contributed by atoms with Crippen molar-refractivity contribution in [1.82, 2.24) is 9.62 Å². The third-order valence-electron chi connectivity index (χ3n) is 7.54. The molecule has 45 heavy (non-hydrogen) atoms. The van der Waals surface area contributed by atoms with Gasteiger partial charge in [0, 0.05) is 21.5 Å². The number of carbonyl (C=O) groups excluding carboxylic acids is 2. The minimum absolute atomic E-state index is 0.108. The zero-order chi connectivity index (χ0) is 32.1. The first-order chi connectivity index (χ1) is 21.6. The van der Waals surface area contributed by atoms with Crippen LogP contribution in [0.3, 0.4) is 0 Å². The monoisotopic (exact) mass is 710 g/mol. The lowest BCUT2D eigenvalue weighted by Gasteiger charge is -2.41. The number of nitrogens with zero attached hydrogens (tertiary/aromatic N) is 1. The molecule has 1 N–H and O–H groups in total. The van der Waals surface area contributed by atoms with Gasteiger partial charge in [-0.3, -0.25) is 4.79 Å².